The zero-order chi connectivity index (χ0) is 16.8. The van der Waals surface area contributed by atoms with E-state index in [4.69, 9.17) is 10.5 Å². The van der Waals surface area contributed by atoms with Crippen molar-refractivity contribution in [3.63, 3.8) is 0 Å². The van der Waals surface area contributed by atoms with Gasteiger partial charge in [0.2, 0.25) is 5.91 Å². The maximum atomic E-state index is 12.3. The van der Waals surface area contributed by atoms with Crippen LogP contribution >= 0.6 is 0 Å². The number of esters is 1. The van der Waals surface area contributed by atoms with E-state index < -0.39 is 0 Å². The highest BCUT2D eigenvalue weighted by Crippen LogP contribution is 2.21. The number of anilines is 2. The number of carbonyl (C=O) groups is 2. The summed E-state index contributed by atoms with van der Waals surface area (Å²) in [7, 11) is 0. The largest absolute Gasteiger partial charge is 0.466 e. The molecule has 0 radical (unpaired) electrons. The smallest absolute Gasteiger partial charge is 0.309 e. The van der Waals surface area contributed by atoms with Gasteiger partial charge in [-0.25, -0.2) is 0 Å². The Morgan fingerprint density at radius 2 is 1.91 bits per heavy atom. The lowest BCUT2D eigenvalue weighted by molar-refractivity contribution is -0.149. The van der Waals surface area contributed by atoms with Gasteiger partial charge in [-0.15, -0.1) is 0 Å². The van der Waals surface area contributed by atoms with Gasteiger partial charge in [0.25, 0.3) is 0 Å². The number of hydrogen-bond donors (Lipinski definition) is 2. The minimum absolute atomic E-state index is 0.0430. The molecule has 1 aromatic rings. The summed E-state index contributed by atoms with van der Waals surface area (Å²) in [5.74, 6) is -0.214. The lowest BCUT2D eigenvalue weighted by Crippen LogP contribution is -2.47. The third-order valence-corrected chi connectivity index (χ3v) is 4.25. The number of hydrogen-bond acceptors (Lipinski definition) is 5. The molecule has 1 atom stereocenters. The normalized spacial score (nSPS) is 17.5. The highest BCUT2D eigenvalue weighted by atomic mass is 16.5. The van der Waals surface area contributed by atoms with Gasteiger partial charge >= 0.3 is 5.97 Å². The Hall–Kier alpha value is -2.08. The van der Waals surface area contributed by atoms with Gasteiger partial charge in [-0.1, -0.05) is 0 Å². The molecule has 0 aliphatic carbocycles. The predicted octanol–water partition coefficient (Wildman–Crippen LogP) is 1.87. The summed E-state index contributed by atoms with van der Waals surface area (Å²) >= 11 is 0. The minimum Gasteiger partial charge on any atom is -0.466 e. The zero-order valence-electron chi connectivity index (χ0n) is 13.7. The number of benzene rings is 1. The van der Waals surface area contributed by atoms with Crippen molar-refractivity contribution in [1.82, 2.24) is 4.90 Å². The second-order valence-electron chi connectivity index (χ2n) is 5.85. The van der Waals surface area contributed by atoms with Crippen LogP contribution in [-0.4, -0.2) is 42.5 Å². The average molecular weight is 319 g/mol. The Kier molecular flexibility index (Phi) is 5.98. The number of nitrogens with two attached hydrogens (primary N) is 1. The maximum Gasteiger partial charge on any atom is 0.309 e. The summed E-state index contributed by atoms with van der Waals surface area (Å²) < 4.78 is 5.07. The molecule has 0 saturated carbocycles. The first-order valence-corrected chi connectivity index (χ1v) is 8.08. The first kappa shape index (κ1) is 17.3. The van der Waals surface area contributed by atoms with Gasteiger partial charge in [-0.05, 0) is 64.0 Å². The highest BCUT2D eigenvalue weighted by molar-refractivity contribution is 5.94. The Bertz CT molecular complexity index is 537. The zero-order valence-corrected chi connectivity index (χ0v) is 13.7. The molecule has 0 aromatic heterocycles. The van der Waals surface area contributed by atoms with Crippen LogP contribution in [0.3, 0.4) is 0 Å². The van der Waals surface area contributed by atoms with E-state index >= 15 is 0 Å². The molecule has 1 aromatic carbocycles. The van der Waals surface area contributed by atoms with Crippen molar-refractivity contribution in [2.45, 2.75) is 32.7 Å². The van der Waals surface area contributed by atoms with E-state index in [0.717, 1.165) is 31.6 Å². The van der Waals surface area contributed by atoms with Crippen LogP contribution in [0.2, 0.25) is 0 Å². The summed E-state index contributed by atoms with van der Waals surface area (Å²) in [6.07, 6.45) is 1.47. The molecule has 1 amide bonds. The molecule has 1 aliphatic rings. The van der Waals surface area contributed by atoms with Crippen LogP contribution in [0.25, 0.3) is 0 Å². The topological polar surface area (TPSA) is 84.7 Å². The third-order valence-electron chi connectivity index (χ3n) is 4.25. The number of nitrogens with zero attached hydrogens (tertiary/aromatic N) is 1. The first-order chi connectivity index (χ1) is 11.0. The van der Waals surface area contributed by atoms with Gasteiger partial charge in [0.1, 0.15) is 0 Å². The molecule has 1 saturated heterocycles. The minimum atomic E-state index is -0.240. The number of ether oxygens (including phenoxy) is 1. The first-order valence-electron chi connectivity index (χ1n) is 8.08. The van der Waals surface area contributed by atoms with Gasteiger partial charge in [0.05, 0.1) is 18.6 Å². The van der Waals surface area contributed by atoms with Gasteiger partial charge in [-0.3, -0.25) is 14.5 Å². The molecule has 1 heterocycles. The van der Waals surface area contributed by atoms with Crippen LogP contribution in [0.15, 0.2) is 24.3 Å². The number of rotatable bonds is 5. The third kappa shape index (κ3) is 4.69. The Morgan fingerprint density at radius 1 is 1.30 bits per heavy atom. The molecule has 3 N–H and O–H groups in total. The maximum absolute atomic E-state index is 12.3. The van der Waals surface area contributed by atoms with Crippen LogP contribution in [-0.2, 0) is 14.3 Å². The molecule has 126 valence electrons. The SMILES string of the molecule is CCOC(=O)C1CCN(C(C)C(=O)Nc2ccc(N)cc2)CC1. The Morgan fingerprint density at radius 3 is 2.48 bits per heavy atom. The quantitative estimate of drug-likeness (QED) is 0.639. The van der Waals surface area contributed by atoms with Crippen LogP contribution in [0.5, 0.6) is 0 Å². The molecule has 1 fully saturated rings. The van der Waals surface area contributed by atoms with Crippen molar-refractivity contribution in [3.8, 4) is 0 Å². The van der Waals surface area contributed by atoms with Gasteiger partial charge in [-0.2, -0.15) is 0 Å². The fourth-order valence-electron chi connectivity index (χ4n) is 2.76. The fourth-order valence-corrected chi connectivity index (χ4v) is 2.76. The summed E-state index contributed by atoms with van der Waals surface area (Å²) in [6, 6.07) is 6.84. The molecule has 6 heteroatoms. The Labute approximate surface area is 137 Å². The molecule has 23 heavy (non-hydrogen) atoms. The van der Waals surface area contributed by atoms with Crippen molar-refractivity contribution in [2.24, 2.45) is 5.92 Å². The predicted molar refractivity (Wildman–Crippen MR) is 89.9 cm³/mol. The van der Waals surface area contributed by atoms with E-state index in [2.05, 4.69) is 10.2 Å². The van der Waals surface area contributed by atoms with Crippen LogP contribution in [0.1, 0.15) is 26.7 Å². The number of likely N-dealkylation sites (tertiary alicyclic amines) is 1. The standard InChI is InChI=1S/C17H25N3O3/c1-3-23-17(22)13-8-10-20(11-9-13)12(2)16(21)19-15-6-4-14(18)5-7-15/h4-7,12-13H,3,8-11,18H2,1-2H3,(H,19,21). The number of piperidine rings is 1. The lowest BCUT2D eigenvalue weighted by atomic mass is 9.96. The van der Waals surface area contributed by atoms with Crippen molar-refractivity contribution >= 4 is 23.3 Å². The monoisotopic (exact) mass is 319 g/mol. The van der Waals surface area contributed by atoms with E-state index in [1.807, 2.05) is 13.8 Å². The molecular formula is C17H25N3O3. The molecule has 1 aliphatic heterocycles. The van der Waals surface area contributed by atoms with Crippen LogP contribution < -0.4 is 11.1 Å². The fraction of sp³-hybridized carbons (Fsp3) is 0.529. The van der Waals surface area contributed by atoms with Gasteiger partial charge < -0.3 is 15.8 Å². The van der Waals surface area contributed by atoms with E-state index in [0.29, 0.717) is 12.3 Å². The number of nitrogen functional groups attached to an aromatic ring is 1. The second kappa shape index (κ2) is 7.97. The number of carbonyl (C=O) groups excluding carboxylic acids is 2. The molecule has 1 unspecified atom stereocenters. The average Bonchev–Trinajstić information content (AvgIpc) is 2.56. The van der Waals surface area contributed by atoms with Crippen molar-refractivity contribution in [2.75, 3.05) is 30.7 Å². The van der Waals surface area contributed by atoms with Gasteiger partial charge in [0.15, 0.2) is 0 Å². The van der Waals surface area contributed by atoms with Gasteiger partial charge in [0, 0.05) is 11.4 Å². The Balaban J connectivity index is 1.84. The van der Waals surface area contributed by atoms with E-state index in [1.165, 1.54) is 0 Å². The van der Waals surface area contributed by atoms with Crippen molar-refractivity contribution in [3.05, 3.63) is 24.3 Å². The second-order valence-corrected chi connectivity index (χ2v) is 5.85. The van der Waals surface area contributed by atoms with Crippen LogP contribution in [0.4, 0.5) is 11.4 Å². The highest BCUT2D eigenvalue weighted by Gasteiger charge is 2.30. The van der Waals surface area contributed by atoms with E-state index in [1.54, 1.807) is 24.3 Å². The summed E-state index contributed by atoms with van der Waals surface area (Å²) in [5.41, 5.74) is 7.03. The molecule has 2 rings (SSSR count). The molecule has 6 nitrogen and oxygen atoms in total. The van der Waals surface area contributed by atoms with E-state index in [9.17, 15) is 9.59 Å². The van der Waals surface area contributed by atoms with Crippen LogP contribution in [0, 0.1) is 5.92 Å². The lowest BCUT2D eigenvalue weighted by Gasteiger charge is -2.34. The summed E-state index contributed by atoms with van der Waals surface area (Å²) in [5, 5.41) is 2.89. The van der Waals surface area contributed by atoms with Crippen molar-refractivity contribution in [1.29, 1.82) is 0 Å². The van der Waals surface area contributed by atoms with Crippen molar-refractivity contribution < 1.29 is 14.3 Å². The molecule has 0 spiro atoms. The number of amides is 1. The summed E-state index contributed by atoms with van der Waals surface area (Å²) in [4.78, 5) is 26.2. The summed E-state index contributed by atoms with van der Waals surface area (Å²) in [6.45, 7) is 5.56. The number of nitrogens with one attached hydrogen (secondary N) is 1. The van der Waals surface area contributed by atoms with E-state index in [-0.39, 0.29) is 23.8 Å². The molecular weight excluding hydrogens is 294 g/mol. The molecule has 0 bridgehead atoms.